The molecule has 0 unspecified atom stereocenters. The van der Waals surface area contributed by atoms with Gasteiger partial charge < -0.3 is 5.32 Å². The van der Waals surface area contributed by atoms with Gasteiger partial charge in [0, 0.05) is 23.4 Å². The molecule has 0 radical (unpaired) electrons. The molecule has 1 fully saturated rings. The average molecular weight is 320 g/mol. The molecule has 3 aromatic rings. The summed E-state index contributed by atoms with van der Waals surface area (Å²) in [6, 6.07) is 13.6. The Kier molecular flexibility index (Phi) is 3.99. The SMILES string of the molecule is O=C(Nc1cccc(-c2nnc3ccccn23)c1)C1CCCCC1. The molecule has 24 heavy (non-hydrogen) atoms. The van der Waals surface area contributed by atoms with Gasteiger partial charge in [0.15, 0.2) is 11.5 Å². The Morgan fingerprint density at radius 2 is 1.92 bits per heavy atom. The van der Waals surface area contributed by atoms with Gasteiger partial charge in [-0.3, -0.25) is 9.20 Å². The number of nitrogens with one attached hydrogen (secondary N) is 1. The first-order chi connectivity index (χ1) is 11.8. The van der Waals surface area contributed by atoms with E-state index in [0.29, 0.717) is 0 Å². The number of carbonyl (C=O) groups is 1. The summed E-state index contributed by atoms with van der Waals surface area (Å²) in [5, 5.41) is 11.5. The van der Waals surface area contributed by atoms with Crippen molar-refractivity contribution in [3.63, 3.8) is 0 Å². The summed E-state index contributed by atoms with van der Waals surface area (Å²) in [5.41, 5.74) is 2.56. The van der Waals surface area contributed by atoms with Crippen molar-refractivity contribution in [2.75, 3.05) is 5.32 Å². The van der Waals surface area contributed by atoms with Crippen LogP contribution in [-0.2, 0) is 4.79 Å². The zero-order valence-corrected chi connectivity index (χ0v) is 13.5. The number of nitrogens with zero attached hydrogens (tertiary/aromatic N) is 3. The molecule has 5 heteroatoms. The third-order valence-corrected chi connectivity index (χ3v) is 4.68. The Morgan fingerprint density at radius 3 is 2.79 bits per heavy atom. The van der Waals surface area contributed by atoms with Crippen LogP contribution in [0.4, 0.5) is 5.69 Å². The number of benzene rings is 1. The van der Waals surface area contributed by atoms with Gasteiger partial charge in [0.05, 0.1) is 0 Å². The number of pyridine rings is 1. The number of rotatable bonds is 3. The zero-order valence-electron chi connectivity index (χ0n) is 13.5. The fourth-order valence-electron chi connectivity index (χ4n) is 3.38. The molecule has 0 bridgehead atoms. The lowest BCUT2D eigenvalue weighted by Gasteiger charge is -2.20. The standard InChI is InChI=1S/C19H20N4O/c24-19(14-7-2-1-3-8-14)20-16-10-6-9-15(13-16)18-22-21-17-11-4-5-12-23(17)18/h4-6,9-14H,1-3,7-8H2,(H,20,24). The van der Waals surface area contributed by atoms with Gasteiger partial charge in [0.2, 0.25) is 5.91 Å². The number of amides is 1. The van der Waals surface area contributed by atoms with Crippen molar-refractivity contribution in [2.24, 2.45) is 5.92 Å². The van der Waals surface area contributed by atoms with Gasteiger partial charge in [-0.15, -0.1) is 10.2 Å². The summed E-state index contributed by atoms with van der Waals surface area (Å²) in [6.45, 7) is 0. The normalized spacial score (nSPS) is 15.5. The van der Waals surface area contributed by atoms with Crippen LogP contribution < -0.4 is 5.32 Å². The lowest BCUT2D eigenvalue weighted by Crippen LogP contribution is -2.24. The molecule has 2 aromatic heterocycles. The van der Waals surface area contributed by atoms with Gasteiger partial charge in [-0.05, 0) is 37.1 Å². The number of carbonyl (C=O) groups excluding carboxylic acids is 1. The van der Waals surface area contributed by atoms with Crippen molar-refractivity contribution in [1.29, 1.82) is 0 Å². The summed E-state index contributed by atoms with van der Waals surface area (Å²) in [5.74, 6) is 1.06. The maximum Gasteiger partial charge on any atom is 0.227 e. The lowest BCUT2D eigenvalue weighted by molar-refractivity contribution is -0.120. The highest BCUT2D eigenvalue weighted by Gasteiger charge is 2.21. The quantitative estimate of drug-likeness (QED) is 0.796. The minimum atomic E-state index is 0.137. The maximum absolute atomic E-state index is 12.4. The first kappa shape index (κ1) is 14.9. The lowest BCUT2D eigenvalue weighted by atomic mass is 9.88. The molecule has 1 N–H and O–H groups in total. The molecule has 0 atom stereocenters. The average Bonchev–Trinajstić information content (AvgIpc) is 3.07. The highest BCUT2D eigenvalue weighted by molar-refractivity contribution is 5.93. The van der Waals surface area contributed by atoms with E-state index in [4.69, 9.17) is 0 Å². The molecule has 4 rings (SSSR count). The minimum absolute atomic E-state index is 0.137. The molecule has 1 aliphatic rings. The molecule has 0 aliphatic heterocycles. The highest BCUT2D eigenvalue weighted by atomic mass is 16.1. The monoisotopic (exact) mass is 320 g/mol. The molecule has 1 saturated carbocycles. The van der Waals surface area contributed by atoms with Crippen molar-refractivity contribution >= 4 is 17.2 Å². The Hall–Kier alpha value is -2.69. The fraction of sp³-hybridized carbons (Fsp3) is 0.316. The van der Waals surface area contributed by atoms with Crippen molar-refractivity contribution in [3.8, 4) is 11.4 Å². The molecule has 1 aliphatic carbocycles. The van der Waals surface area contributed by atoms with Crippen LogP contribution in [0.2, 0.25) is 0 Å². The van der Waals surface area contributed by atoms with Crippen molar-refractivity contribution < 1.29 is 4.79 Å². The Morgan fingerprint density at radius 1 is 1.04 bits per heavy atom. The second kappa shape index (κ2) is 6.43. The molecule has 2 heterocycles. The second-order valence-electron chi connectivity index (χ2n) is 6.36. The Labute approximate surface area is 140 Å². The van der Waals surface area contributed by atoms with Crippen LogP contribution in [-0.4, -0.2) is 20.5 Å². The Balaban J connectivity index is 1.58. The van der Waals surface area contributed by atoms with Crippen LogP contribution in [0, 0.1) is 5.92 Å². The van der Waals surface area contributed by atoms with E-state index in [0.717, 1.165) is 48.4 Å². The number of hydrogen-bond acceptors (Lipinski definition) is 3. The fourth-order valence-corrected chi connectivity index (χ4v) is 3.38. The predicted molar refractivity (Wildman–Crippen MR) is 93.6 cm³/mol. The summed E-state index contributed by atoms with van der Waals surface area (Å²) < 4.78 is 1.95. The smallest absolute Gasteiger partial charge is 0.227 e. The van der Waals surface area contributed by atoms with Crippen LogP contribution in [0.5, 0.6) is 0 Å². The van der Waals surface area contributed by atoms with E-state index in [9.17, 15) is 4.79 Å². The van der Waals surface area contributed by atoms with Gasteiger partial charge >= 0.3 is 0 Å². The predicted octanol–water partition coefficient (Wildman–Crippen LogP) is 3.92. The molecular formula is C19H20N4O. The van der Waals surface area contributed by atoms with Gasteiger partial charge in [-0.1, -0.05) is 37.5 Å². The van der Waals surface area contributed by atoms with Gasteiger partial charge in [-0.25, -0.2) is 0 Å². The van der Waals surface area contributed by atoms with E-state index >= 15 is 0 Å². The topological polar surface area (TPSA) is 59.3 Å². The summed E-state index contributed by atoms with van der Waals surface area (Å²) in [7, 11) is 0. The molecule has 1 aromatic carbocycles. The van der Waals surface area contributed by atoms with E-state index < -0.39 is 0 Å². The molecule has 122 valence electrons. The maximum atomic E-state index is 12.4. The van der Waals surface area contributed by atoms with Crippen molar-refractivity contribution in [1.82, 2.24) is 14.6 Å². The van der Waals surface area contributed by atoms with Crippen LogP contribution >= 0.6 is 0 Å². The zero-order chi connectivity index (χ0) is 16.4. The molecule has 1 amide bonds. The third kappa shape index (κ3) is 2.89. The number of aromatic nitrogens is 3. The number of fused-ring (bicyclic) bond motifs is 1. The van der Waals surface area contributed by atoms with E-state index in [1.165, 1.54) is 6.42 Å². The van der Waals surface area contributed by atoms with Crippen LogP contribution in [0.3, 0.4) is 0 Å². The minimum Gasteiger partial charge on any atom is -0.326 e. The number of hydrogen-bond donors (Lipinski definition) is 1. The molecule has 0 spiro atoms. The van der Waals surface area contributed by atoms with E-state index in [2.05, 4.69) is 15.5 Å². The van der Waals surface area contributed by atoms with Crippen molar-refractivity contribution in [3.05, 3.63) is 48.7 Å². The molecule has 0 saturated heterocycles. The number of anilines is 1. The third-order valence-electron chi connectivity index (χ3n) is 4.68. The molecular weight excluding hydrogens is 300 g/mol. The molecule has 5 nitrogen and oxygen atoms in total. The van der Waals surface area contributed by atoms with E-state index in [1.54, 1.807) is 0 Å². The van der Waals surface area contributed by atoms with Crippen LogP contribution in [0.1, 0.15) is 32.1 Å². The van der Waals surface area contributed by atoms with Gasteiger partial charge in [-0.2, -0.15) is 0 Å². The second-order valence-corrected chi connectivity index (χ2v) is 6.36. The Bertz CT molecular complexity index is 864. The van der Waals surface area contributed by atoms with Crippen LogP contribution in [0.15, 0.2) is 48.7 Å². The summed E-state index contributed by atoms with van der Waals surface area (Å²) in [6.07, 6.45) is 7.51. The summed E-state index contributed by atoms with van der Waals surface area (Å²) in [4.78, 5) is 12.4. The van der Waals surface area contributed by atoms with Gasteiger partial charge in [0.25, 0.3) is 0 Å². The first-order valence-electron chi connectivity index (χ1n) is 8.52. The largest absolute Gasteiger partial charge is 0.326 e. The van der Waals surface area contributed by atoms with Crippen molar-refractivity contribution in [2.45, 2.75) is 32.1 Å². The van der Waals surface area contributed by atoms with Crippen LogP contribution in [0.25, 0.3) is 17.0 Å². The summed E-state index contributed by atoms with van der Waals surface area (Å²) >= 11 is 0. The van der Waals surface area contributed by atoms with E-state index in [1.807, 2.05) is 53.1 Å². The highest BCUT2D eigenvalue weighted by Crippen LogP contribution is 2.26. The van der Waals surface area contributed by atoms with E-state index in [-0.39, 0.29) is 11.8 Å². The van der Waals surface area contributed by atoms with Gasteiger partial charge in [0.1, 0.15) is 0 Å². The first-order valence-corrected chi connectivity index (χ1v) is 8.52.